The summed E-state index contributed by atoms with van der Waals surface area (Å²) in [5.74, 6) is 0.0169. The monoisotopic (exact) mass is 407 g/mol. The summed E-state index contributed by atoms with van der Waals surface area (Å²) in [6.07, 6.45) is -4.56. The summed E-state index contributed by atoms with van der Waals surface area (Å²) in [5.41, 5.74) is -0.456. The molecule has 0 unspecified atom stereocenters. The van der Waals surface area contributed by atoms with E-state index in [0.717, 1.165) is 17.5 Å². The van der Waals surface area contributed by atoms with E-state index in [4.69, 9.17) is 4.74 Å². The second-order valence-electron chi connectivity index (χ2n) is 5.62. The molecule has 0 fully saturated rings. The maximum atomic E-state index is 13.0. The van der Waals surface area contributed by atoms with Crippen molar-refractivity contribution in [2.75, 3.05) is 17.2 Å². The fourth-order valence-corrected chi connectivity index (χ4v) is 3.10. The number of hydrogen-bond donors (Lipinski definition) is 2. The molecule has 5 nitrogen and oxygen atoms in total. The van der Waals surface area contributed by atoms with Gasteiger partial charge in [0.1, 0.15) is 11.4 Å². The number of amides is 1. The van der Waals surface area contributed by atoms with Crippen LogP contribution in [0.1, 0.15) is 23.0 Å². The summed E-state index contributed by atoms with van der Waals surface area (Å²) in [4.78, 5) is 16.4. The van der Waals surface area contributed by atoms with Crippen LogP contribution in [-0.4, -0.2) is 17.5 Å². The molecule has 0 bridgehead atoms. The highest BCUT2D eigenvalue weighted by molar-refractivity contribution is 7.14. The van der Waals surface area contributed by atoms with Crippen LogP contribution < -0.4 is 15.4 Å². The normalized spacial score (nSPS) is 11.1. The predicted octanol–water partition coefficient (Wildman–Crippen LogP) is 5.56. The molecule has 0 atom stereocenters. The minimum absolute atomic E-state index is 0.0235. The number of carbonyl (C=O) groups excluding carboxylic acids is 1. The van der Waals surface area contributed by atoms with Crippen molar-refractivity contribution in [2.24, 2.45) is 0 Å². The van der Waals surface area contributed by atoms with Crippen LogP contribution >= 0.6 is 11.3 Å². The number of alkyl halides is 3. The molecule has 0 saturated carbocycles. The van der Waals surface area contributed by atoms with Crippen LogP contribution in [0.15, 0.2) is 53.9 Å². The Morgan fingerprint density at radius 3 is 2.54 bits per heavy atom. The molecule has 0 saturated heterocycles. The van der Waals surface area contributed by atoms with Crippen molar-refractivity contribution < 1.29 is 22.7 Å². The lowest BCUT2D eigenvalue weighted by Crippen LogP contribution is -2.16. The van der Waals surface area contributed by atoms with Crippen molar-refractivity contribution in [1.29, 1.82) is 0 Å². The van der Waals surface area contributed by atoms with Gasteiger partial charge in [-0.25, -0.2) is 4.98 Å². The van der Waals surface area contributed by atoms with Gasteiger partial charge in [0.25, 0.3) is 5.91 Å². The lowest BCUT2D eigenvalue weighted by Gasteiger charge is -2.12. The number of para-hydroxylation sites is 1. The number of aromatic nitrogens is 1. The molecule has 1 heterocycles. The van der Waals surface area contributed by atoms with Gasteiger partial charge in [0.2, 0.25) is 0 Å². The first kappa shape index (κ1) is 19.7. The van der Waals surface area contributed by atoms with Crippen LogP contribution in [0.2, 0.25) is 0 Å². The number of nitrogens with one attached hydrogen (secondary N) is 2. The summed E-state index contributed by atoms with van der Waals surface area (Å²) in [6, 6.07) is 12.0. The number of benzene rings is 2. The zero-order chi connectivity index (χ0) is 20.1. The van der Waals surface area contributed by atoms with Gasteiger partial charge < -0.3 is 15.4 Å². The Morgan fingerprint density at radius 2 is 1.86 bits per heavy atom. The Hall–Kier alpha value is -3.07. The molecule has 0 aliphatic carbocycles. The molecule has 146 valence electrons. The number of nitrogens with zero attached hydrogens (tertiary/aromatic N) is 1. The molecular weight excluding hydrogens is 391 g/mol. The Morgan fingerprint density at radius 1 is 1.14 bits per heavy atom. The molecule has 0 radical (unpaired) electrons. The number of carbonyl (C=O) groups is 1. The molecule has 1 amide bonds. The van der Waals surface area contributed by atoms with Crippen molar-refractivity contribution in [2.45, 2.75) is 13.1 Å². The number of rotatable bonds is 6. The van der Waals surface area contributed by atoms with Crippen LogP contribution in [0.25, 0.3) is 0 Å². The van der Waals surface area contributed by atoms with E-state index >= 15 is 0 Å². The third-order valence-corrected chi connectivity index (χ3v) is 4.39. The molecule has 28 heavy (non-hydrogen) atoms. The van der Waals surface area contributed by atoms with Gasteiger partial charge in [-0.2, -0.15) is 13.2 Å². The van der Waals surface area contributed by atoms with E-state index in [0.29, 0.717) is 11.7 Å². The Balaban J connectivity index is 1.69. The number of ether oxygens (including phenoxy) is 1. The summed E-state index contributed by atoms with van der Waals surface area (Å²) >= 11 is 1.17. The van der Waals surface area contributed by atoms with Gasteiger partial charge in [-0.05, 0) is 43.3 Å². The van der Waals surface area contributed by atoms with E-state index < -0.39 is 17.6 Å². The summed E-state index contributed by atoms with van der Waals surface area (Å²) < 4.78 is 44.5. The van der Waals surface area contributed by atoms with E-state index in [9.17, 15) is 18.0 Å². The summed E-state index contributed by atoms with van der Waals surface area (Å²) in [5, 5.41) is 7.23. The van der Waals surface area contributed by atoms with E-state index in [1.165, 1.54) is 34.9 Å². The van der Waals surface area contributed by atoms with Crippen molar-refractivity contribution >= 4 is 33.8 Å². The SMILES string of the molecule is CCOc1ccc(Nc2nc(C(=O)Nc3ccccc3C(F)(F)F)cs2)cc1. The van der Waals surface area contributed by atoms with Gasteiger partial charge in [-0.1, -0.05) is 12.1 Å². The quantitative estimate of drug-likeness (QED) is 0.562. The van der Waals surface area contributed by atoms with E-state index in [1.807, 2.05) is 6.92 Å². The third kappa shape index (κ3) is 4.80. The maximum Gasteiger partial charge on any atom is 0.418 e. The van der Waals surface area contributed by atoms with Crippen LogP contribution in [0, 0.1) is 0 Å². The fourth-order valence-electron chi connectivity index (χ4n) is 2.39. The first-order valence-corrected chi connectivity index (χ1v) is 9.18. The van der Waals surface area contributed by atoms with E-state index in [1.54, 1.807) is 24.3 Å². The third-order valence-electron chi connectivity index (χ3n) is 3.63. The second kappa shape index (κ2) is 8.30. The van der Waals surface area contributed by atoms with Gasteiger partial charge in [-0.15, -0.1) is 11.3 Å². The summed E-state index contributed by atoms with van der Waals surface area (Å²) in [7, 11) is 0. The van der Waals surface area contributed by atoms with Crippen molar-refractivity contribution in [3.63, 3.8) is 0 Å². The summed E-state index contributed by atoms with van der Waals surface area (Å²) in [6.45, 7) is 2.45. The molecule has 9 heteroatoms. The molecule has 3 rings (SSSR count). The number of hydrogen-bond acceptors (Lipinski definition) is 5. The standard InChI is InChI=1S/C19H16F3N3O2S/c1-2-27-13-9-7-12(8-10-13)23-18-25-16(11-28-18)17(26)24-15-6-4-3-5-14(15)19(20,21)22/h3-11H,2H2,1H3,(H,23,25)(H,24,26). The van der Waals surface area contributed by atoms with Crippen molar-refractivity contribution in [1.82, 2.24) is 4.98 Å². The molecular formula is C19H16F3N3O2S. The smallest absolute Gasteiger partial charge is 0.418 e. The first-order chi connectivity index (χ1) is 13.4. The Bertz CT molecular complexity index is 956. The highest BCUT2D eigenvalue weighted by atomic mass is 32.1. The van der Waals surface area contributed by atoms with E-state index in [-0.39, 0.29) is 11.4 Å². The zero-order valence-corrected chi connectivity index (χ0v) is 15.5. The average Bonchev–Trinajstić information content (AvgIpc) is 3.12. The van der Waals surface area contributed by atoms with Crippen LogP contribution in [0.4, 0.5) is 29.7 Å². The molecule has 3 aromatic rings. The van der Waals surface area contributed by atoms with Gasteiger partial charge in [0, 0.05) is 11.1 Å². The maximum absolute atomic E-state index is 13.0. The van der Waals surface area contributed by atoms with Crippen LogP contribution in [-0.2, 0) is 6.18 Å². The first-order valence-electron chi connectivity index (χ1n) is 8.30. The number of thiazole rings is 1. The number of anilines is 3. The molecule has 0 spiro atoms. The van der Waals surface area contributed by atoms with Gasteiger partial charge in [0.05, 0.1) is 17.9 Å². The molecule has 0 aliphatic rings. The highest BCUT2D eigenvalue weighted by Gasteiger charge is 2.33. The largest absolute Gasteiger partial charge is 0.494 e. The predicted molar refractivity (Wildman–Crippen MR) is 102 cm³/mol. The minimum Gasteiger partial charge on any atom is -0.494 e. The lowest BCUT2D eigenvalue weighted by atomic mass is 10.1. The lowest BCUT2D eigenvalue weighted by molar-refractivity contribution is -0.136. The topological polar surface area (TPSA) is 63.2 Å². The Labute approximate surface area is 163 Å². The average molecular weight is 407 g/mol. The van der Waals surface area contributed by atoms with Crippen molar-refractivity contribution in [3.05, 3.63) is 65.2 Å². The minimum atomic E-state index is -4.56. The van der Waals surface area contributed by atoms with Gasteiger partial charge in [0.15, 0.2) is 5.13 Å². The molecule has 0 aliphatic heterocycles. The molecule has 2 N–H and O–H groups in total. The van der Waals surface area contributed by atoms with Gasteiger partial charge in [-0.3, -0.25) is 4.79 Å². The molecule has 2 aromatic carbocycles. The van der Waals surface area contributed by atoms with Crippen LogP contribution in [0.5, 0.6) is 5.75 Å². The Kier molecular flexibility index (Phi) is 5.84. The van der Waals surface area contributed by atoms with E-state index in [2.05, 4.69) is 15.6 Å². The van der Waals surface area contributed by atoms with Crippen molar-refractivity contribution in [3.8, 4) is 5.75 Å². The molecule has 1 aromatic heterocycles. The second-order valence-corrected chi connectivity index (χ2v) is 6.48. The zero-order valence-electron chi connectivity index (χ0n) is 14.7. The van der Waals surface area contributed by atoms with Crippen LogP contribution in [0.3, 0.4) is 0 Å². The number of halogens is 3. The van der Waals surface area contributed by atoms with Gasteiger partial charge >= 0.3 is 6.18 Å². The fraction of sp³-hybridized carbons (Fsp3) is 0.158. The highest BCUT2D eigenvalue weighted by Crippen LogP contribution is 2.34.